The molecule has 0 spiro atoms. The molecule has 2 rings (SSSR count). The van der Waals surface area contributed by atoms with Gasteiger partial charge in [-0.05, 0) is 12.0 Å². The van der Waals surface area contributed by atoms with E-state index in [0.29, 0.717) is 6.42 Å². The van der Waals surface area contributed by atoms with Crippen LogP contribution in [-0.4, -0.2) is 48.2 Å². The minimum Gasteiger partial charge on any atom is -0.483 e. The summed E-state index contributed by atoms with van der Waals surface area (Å²) in [7, 11) is 1.42. The maximum absolute atomic E-state index is 11.6. The monoisotopic (exact) mass is 280 g/mol. The molecule has 1 aliphatic rings. The standard InChI is InChI=1S/C13H18N2O2.CH2O2/c1-17-13(16)12-7-11(14)9-15(12)8-10-5-3-2-4-6-10;2-1-3/h2-6,11-12H,7-9,14H2,1H3;1H,(H,2,3). The topological polar surface area (TPSA) is 92.9 Å². The van der Waals surface area contributed by atoms with Crippen molar-refractivity contribution in [2.75, 3.05) is 13.7 Å². The van der Waals surface area contributed by atoms with Crippen LogP contribution in [0.4, 0.5) is 0 Å². The number of carboxylic acid groups (broad SMARTS) is 1. The van der Waals surface area contributed by atoms with Gasteiger partial charge in [-0.1, -0.05) is 30.3 Å². The maximum atomic E-state index is 11.6. The number of methoxy groups -OCH3 is 1. The second-order valence-electron chi connectivity index (χ2n) is 4.56. The number of carbonyl (C=O) groups excluding carboxylic acids is 1. The summed E-state index contributed by atoms with van der Waals surface area (Å²) in [6.45, 7) is 1.24. The largest absolute Gasteiger partial charge is 0.483 e. The Morgan fingerprint density at radius 1 is 1.50 bits per heavy atom. The SMILES string of the molecule is COC(=O)C1CC(N)CN1Cc1ccccc1.O=CO. The number of rotatable bonds is 3. The second kappa shape index (κ2) is 8.29. The van der Waals surface area contributed by atoms with Crippen LogP contribution in [0.15, 0.2) is 30.3 Å². The number of hydrogen-bond acceptors (Lipinski definition) is 5. The van der Waals surface area contributed by atoms with Gasteiger partial charge in [0.2, 0.25) is 0 Å². The van der Waals surface area contributed by atoms with Gasteiger partial charge < -0.3 is 15.6 Å². The van der Waals surface area contributed by atoms with Crippen LogP contribution in [0.1, 0.15) is 12.0 Å². The van der Waals surface area contributed by atoms with E-state index >= 15 is 0 Å². The Labute approximate surface area is 118 Å². The summed E-state index contributed by atoms with van der Waals surface area (Å²) in [5.74, 6) is -0.186. The number of esters is 1. The average Bonchev–Trinajstić information content (AvgIpc) is 2.81. The molecule has 3 N–H and O–H groups in total. The number of hydrogen-bond donors (Lipinski definition) is 2. The van der Waals surface area contributed by atoms with Crippen LogP contribution in [0.5, 0.6) is 0 Å². The molecule has 2 unspecified atom stereocenters. The Bertz CT molecular complexity index is 424. The Balaban J connectivity index is 0.000000612. The van der Waals surface area contributed by atoms with E-state index in [-0.39, 0.29) is 24.5 Å². The number of ether oxygens (including phenoxy) is 1. The van der Waals surface area contributed by atoms with Gasteiger partial charge in [0, 0.05) is 19.1 Å². The molecule has 0 bridgehead atoms. The van der Waals surface area contributed by atoms with Crippen LogP contribution in [0.2, 0.25) is 0 Å². The first kappa shape index (κ1) is 16.1. The third-order valence-corrected chi connectivity index (χ3v) is 3.14. The fourth-order valence-corrected chi connectivity index (χ4v) is 2.31. The molecule has 6 heteroatoms. The van der Waals surface area contributed by atoms with Gasteiger partial charge >= 0.3 is 5.97 Å². The van der Waals surface area contributed by atoms with Crippen molar-refractivity contribution in [1.29, 1.82) is 0 Å². The van der Waals surface area contributed by atoms with Crippen LogP contribution in [-0.2, 0) is 20.9 Å². The molecule has 0 aliphatic carbocycles. The molecular formula is C14H20N2O4. The number of nitrogens with two attached hydrogens (primary N) is 1. The predicted molar refractivity (Wildman–Crippen MR) is 73.9 cm³/mol. The van der Waals surface area contributed by atoms with Gasteiger partial charge in [-0.25, -0.2) is 0 Å². The minimum absolute atomic E-state index is 0.0582. The van der Waals surface area contributed by atoms with Crippen LogP contribution in [0.3, 0.4) is 0 Å². The van der Waals surface area contributed by atoms with E-state index in [4.69, 9.17) is 20.4 Å². The van der Waals surface area contributed by atoms with Crippen molar-refractivity contribution >= 4 is 12.4 Å². The highest BCUT2D eigenvalue weighted by Crippen LogP contribution is 2.20. The number of likely N-dealkylation sites (tertiary alicyclic amines) is 1. The molecule has 0 amide bonds. The molecule has 1 fully saturated rings. The Morgan fingerprint density at radius 3 is 2.65 bits per heavy atom. The molecule has 0 aromatic heterocycles. The fraction of sp³-hybridized carbons (Fsp3) is 0.429. The smallest absolute Gasteiger partial charge is 0.323 e. The second-order valence-corrected chi connectivity index (χ2v) is 4.56. The molecule has 110 valence electrons. The predicted octanol–water partition coefficient (Wildman–Crippen LogP) is 0.462. The highest BCUT2D eigenvalue weighted by molar-refractivity contribution is 5.76. The molecular weight excluding hydrogens is 260 g/mol. The van der Waals surface area contributed by atoms with Crippen molar-refractivity contribution in [3.05, 3.63) is 35.9 Å². The van der Waals surface area contributed by atoms with E-state index in [0.717, 1.165) is 13.1 Å². The summed E-state index contributed by atoms with van der Waals surface area (Å²) in [6.07, 6.45) is 0.680. The molecule has 0 saturated carbocycles. The van der Waals surface area contributed by atoms with E-state index in [9.17, 15) is 4.79 Å². The summed E-state index contributed by atoms with van der Waals surface area (Å²) in [5, 5.41) is 6.89. The van der Waals surface area contributed by atoms with Crippen molar-refractivity contribution in [2.24, 2.45) is 5.73 Å². The van der Waals surface area contributed by atoms with Gasteiger partial charge in [-0.15, -0.1) is 0 Å². The normalized spacial score (nSPS) is 21.7. The van der Waals surface area contributed by atoms with Crippen molar-refractivity contribution in [3.8, 4) is 0 Å². The zero-order valence-electron chi connectivity index (χ0n) is 11.4. The van der Waals surface area contributed by atoms with Gasteiger partial charge in [0.25, 0.3) is 6.47 Å². The van der Waals surface area contributed by atoms with Gasteiger partial charge in [-0.2, -0.15) is 0 Å². The lowest BCUT2D eigenvalue weighted by atomic mass is 10.1. The number of benzene rings is 1. The van der Waals surface area contributed by atoms with E-state index in [1.54, 1.807) is 0 Å². The number of carbonyl (C=O) groups is 2. The first-order valence-corrected chi connectivity index (χ1v) is 6.31. The van der Waals surface area contributed by atoms with Crippen molar-refractivity contribution in [1.82, 2.24) is 4.90 Å². The Hall–Kier alpha value is -1.92. The quantitative estimate of drug-likeness (QED) is 0.617. The van der Waals surface area contributed by atoms with Crippen molar-refractivity contribution in [2.45, 2.75) is 25.0 Å². The van der Waals surface area contributed by atoms with Crippen molar-refractivity contribution < 1.29 is 19.4 Å². The zero-order valence-corrected chi connectivity index (χ0v) is 11.4. The molecule has 1 aromatic rings. The molecule has 1 aliphatic heterocycles. The lowest BCUT2D eigenvalue weighted by Gasteiger charge is -2.22. The summed E-state index contributed by atoms with van der Waals surface area (Å²) >= 11 is 0. The van der Waals surface area contributed by atoms with Crippen LogP contribution >= 0.6 is 0 Å². The van der Waals surface area contributed by atoms with E-state index in [1.165, 1.54) is 12.7 Å². The molecule has 1 aromatic carbocycles. The van der Waals surface area contributed by atoms with Gasteiger partial charge in [0.1, 0.15) is 6.04 Å². The van der Waals surface area contributed by atoms with E-state index in [1.807, 2.05) is 18.2 Å². The summed E-state index contributed by atoms with van der Waals surface area (Å²) in [5.41, 5.74) is 7.10. The fourth-order valence-electron chi connectivity index (χ4n) is 2.31. The summed E-state index contributed by atoms with van der Waals surface area (Å²) in [4.78, 5) is 22.1. The lowest BCUT2D eigenvalue weighted by molar-refractivity contribution is -0.146. The van der Waals surface area contributed by atoms with Gasteiger partial charge in [-0.3, -0.25) is 14.5 Å². The number of nitrogens with zero attached hydrogens (tertiary/aromatic N) is 1. The molecule has 0 radical (unpaired) electrons. The molecule has 1 heterocycles. The lowest BCUT2D eigenvalue weighted by Crippen LogP contribution is -2.36. The summed E-state index contributed by atoms with van der Waals surface area (Å²) in [6, 6.07) is 9.95. The zero-order chi connectivity index (χ0) is 15.0. The highest BCUT2D eigenvalue weighted by atomic mass is 16.5. The molecule has 1 saturated heterocycles. The molecule has 2 atom stereocenters. The summed E-state index contributed by atoms with van der Waals surface area (Å²) < 4.78 is 4.81. The Morgan fingerprint density at radius 2 is 2.10 bits per heavy atom. The molecule has 20 heavy (non-hydrogen) atoms. The van der Waals surface area contributed by atoms with E-state index in [2.05, 4.69) is 17.0 Å². The average molecular weight is 280 g/mol. The molecule has 6 nitrogen and oxygen atoms in total. The third kappa shape index (κ3) is 4.64. The van der Waals surface area contributed by atoms with Crippen LogP contribution < -0.4 is 5.73 Å². The maximum Gasteiger partial charge on any atom is 0.323 e. The van der Waals surface area contributed by atoms with Gasteiger partial charge in [0.15, 0.2) is 0 Å². The third-order valence-electron chi connectivity index (χ3n) is 3.14. The first-order valence-electron chi connectivity index (χ1n) is 6.31. The van der Waals surface area contributed by atoms with Crippen LogP contribution in [0.25, 0.3) is 0 Å². The first-order chi connectivity index (χ1) is 9.62. The van der Waals surface area contributed by atoms with Gasteiger partial charge in [0.05, 0.1) is 7.11 Å². The van der Waals surface area contributed by atoms with E-state index < -0.39 is 0 Å². The Kier molecular flexibility index (Phi) is 6.69. The minimum atomic E-state index is -0.250. The van der Waals surface area contributed by atoms with Crippen LogP contribution in [0, 0.1) is 0 Å². The van der Waals surface area contributed by atoms with Crippen molar-refractivity contribution in [3.63, 3.8) is 0 Å². The highest BCUT2D eigenvalue weighted by Gasteiger charge is 2.35.